The van der Waals surface area contributed by atoms with E-state index in [1.165, 1.54) is 5.57 Å². The van der Waals surface area contributed by atoms with E-state index in [1.54, 1.807) is 0 Å². The molecule has 4 rings (SSSR count). The summed E-state index contributed by atoms with van der Waals surface area (Å²) in [7, 11) is 0. The molecule has 2 atom stereocenters. The third-order valence-electron chi connectivity index (χ3n) is 5.38. The highest BCUT2D eigenvalue weighted by Gasteiger charge is 2.33. The van der Waals surface area contributed by atoms with E-state index in [-0.39, 0.29) is 24.2 Å². The largest absolute Gasteiger partial charge is 0.485 e. The topological polar surface area (TPSA) is 90.5 Å². The van der Waals surface area contributed by atoms with E-state index in [2.05, 4.69) is 45.6 Å². The number of aliphatic hydroxyl groups excluding tert-OH is 1. The van der Waals surface area contributed by atoms with E-state index >= 15 is 0 Å². The Labute approximate surface area is 163 Å². The number of likely N-dealkylation sites (N-methyl/N-ethyl adjacent to an activating group) is 1. The number of fused-ring (bicyclic) bond motifs is 2. The van der Waals surface area contributed by atoms with Gasteiger partial charge in [-0.1, -0.05) is 25.1 Å². The Hall–Kier alpha value is -2.48. The van der Waals surface area contributed by atoms with Gasteiger partial charge in [-0.15, -0.1) is 0 Å². The van der Waals surface area contributed by atoms with Gasteiger partial charge in [0.25, 0.3) is 5.56 Å². The van der Waals surface area contributed by atoms with Crippen molar-refractivity contribution in [3.63, 3.8) is 0 Å². The van der Waals surface area contributed by atoms with E-state index in [4.69, 9.17) is 9.84 Å². The Morgan fingerprint density at radius 3 is 3.07 bits per heavy atom. The van der Waals surface area contributed by atoms with E-state index < -0.39 is 0 Å². The SMILES string of the molecule is CCN(CCNCCO)CC1=CC2c3n[nH]c(=O)c4cccc(c34)OC2C=C1. The van der Waals surface area contributed by atoms with Crippen molar-refractivity contribution < 1.29 is 9.84 Å². The average Bonchev–Trinajstić information content (AvgIpc) is 2.72. The van der Waals surface area contributed by atoms with Crippen molar-refractivity contribution in [3.05, 3.63) is 58.0 Å². The third kappa shape index (κ3) is 3.61. The predicted octanol–water partition coefficient (Wildman–Crippen LogP) is 1.17. The van der Waals surface area contributed by atoms with Crippen LogP contribution < -0.4 is 15.6 Å². The second kappa shape index (κ2) is 8.26. The van der Waals surface area contributed by atoms with Crippen LogP contribution in [0.5, 0.6) is 5.75 Å². The summed E-state index contributed by atoms with van der Waals surface area (Å²) in [5.74, 6) is 0.708. The standard InChI is InChI=1S/C21H26N4O3/c1-2-25(10-8-22-9-11-26)13-14-6-7-17-16(12-14)20-19-15(21(27)24-23-20)4-3-5-18(19)28-17/h3-7,12,16-17,22,26H,2,8-11,13H2,1H3,(H,24,27). The van der Waals surface area contributed by atoms with Gasteiger partial charge < -0.3 is 15.2 Å². The molecule has 1 aromatic carbocycles. The Kier molecular flexibility index (Phi) is 5.57. The molecule has 2 heterocycles. The Balaban J connectivity index is 1.57. The molecule has 0 amide bonds. The van der Waals surface area contributed by atoms with Crippen molar-refractivity contribution in [1.82, 2.24) is 20.4 Å². The summed E-state index contributed by atoms with van der Waals surface area (Å²) >= 11 is 0. The molecule has 1 aliphatic carbocycles. The highest BCUT2D eigenvalue weighted by molar-refractivity contribution is 5.91. The second-order valence-corrected chi connectivity index (χ2v) is 7.17. The fourth-order valence-corrected chi connectivity index (χ4v) is 3.92. The molecule has 7 heteroatoms. The molecule has 28 heavy (non-hydrogen) atoms. The number of hydrogen-bond donors (Lipinski definition) is 3. The lowest BCUT2D eigenvalue weighted by atomic mass is 9.86. The highest BCUT2D eigenvalue weighted by atomic mass is 16.5. The molecule has 0 saturated heterocycles. The molecule has 2 aromatic rings. The molecule has 7 nitrogen and oxygen atoms in total. The fourth-order valence-electron chi connectivity index (χ4n) is 3.92. The number of aromatic nitrogens is 2. The molecule has 0 spiro atoms. The molecular weight excluding hydrogens is 356 g/mol. The van der Waals surface area contributed by atoms with Gasteiger partial charge in [-0.3, -0.25) is 9.69 Å². The Bertz CT molecular complexity index is 966. The Morgan fingerprint density at radius 1 is 1.36 bits per heavy atom. The first-order valence-corrected chi connectivity index (χ1v) is 9.82. The molecule has 2 unspecified atom stereocenters. The van der Waals surface area contributed by atoms with Crippen molar-refractivity contribution in [1.29, 1.82) is 0 Å². The summed E-state index contributed by atoms with van der Waals surface area (Å²) in [5, 5.41) is 20.6. The van der Waals surface area contributed by atoms with Gasteiger partial charge >= 0.3 is 0 Å². The van der Waals surface area contributed by atoms with Crippen LogP contribution >= 0.6 is 0 Å². The molecule has 3 N–H and O–H groups in total. The van der Waals surface area contributed by atoms with Crippen molar-refractivity contribution in [3.8, 4) is 5.75 Å². The van der Waals surface area contributed by atoms with Crippen LogP contribution in [0.1, 0.15) is 18.5 Å². The number of aliphatic hydroxyl groups is 1. The zero-order valence-corrected chi connectivity index (χ0v) is 16.0. The predicted molar refractivity (Wildman–Crippen MR) is 109 cm³/mol. The maximum absolute atomic E-state index is 12.1. The first-order chi connectivity index (χ1) is 13.7. The van der Waals surface area contributed by atoms with Crippen LogP contribution in [0.25, 0.3) is 10.8 Å². The lowest BCUT2D eigenvalue weighted by molar-refractivity contribution is 0.222. The minimum Gasteiger partial charge on any atom is -0.485 e. The first-order valence-electron chi connectivity index (χ1n) is 9.82. The van der Waals surface area contributed by atoms with Gasteiger partial charge in [-0.25, -0.2) is 5.10 Å². The first kappa shape index (κ1) is 18.9. The normalized spacial score (nSPS) is 20.2. The van der Waals surface area contributed by atoms with Crippen LogP contribution in [0, 0.1) is 0 Å². The smallest absolute Gasteiger partial charge is 0.272 e. The van der Waals surface area contributed by atoms with Crippen LogP contribution in [-0.4, -0.2) is 65.6 Å². The molecular formula is C21H26N4O3. The van der Waals surface area contributed by atoms with E-state index in [0.29, 0.717) is 11.9 Å². The molecule has 148 valence electrons. The summed E-state index contributed by atoms with van der Waals surface area (Å²) in [4.78, 5) is 14.5. The lowest BCUT2D eigenvalue weighted by Gasteiger charge is -2.32. The molecule has 1 aromatic heterocycles. The number of nitrogens with one attached hydrogen (secondary N) is 2. The van der Waals surface area contributed by atoms with Crippen LogP contribution in [0.15, 0.2) is 46.8 Å². The maximum Gasteiger partial charge on any atom is 0.272 e. The number of ether oxygens (including phenoxy) is 1. The minimum absolute atomic E-state index is 0.0135. The van der Waals surface area contributed by atoms with Gasteiger partial charge in [-0.2, -0.15) is 5.10 Å². The summed E-state index contributed by atoms with van der Waals surface area (Å²) in [6.45, 7) is 6.46. The van der Waals surface area contributed by atoms with Crippen molar-refractivity contribution in [2.24, 2.45) is 0 Å². The third-order valence-corrected chi connectivity index (χ3v) is 5.38. The molecule has 1 aliphatic heterocycles. The van der Waals surface area contributed by atoms with Crippen molar-refractivity contribution >= 4 is 10.8 Å². The molecule has 0 radical (unpaired) electrons. The summed E-state index contributed by atoms with van der Waals surface area (Å²) < 4.78 is 6.16. The monoisotopic (exact) mass is 382 g/mol. The van der Waals surface area contributed by atoms with Crippen molar-refractivity contribution in [2.45, 2.75) is 18.9 Å². The van der Waals surface area contributed by atoms with Crippen molar-refractivity contribution in [2.75, 3.05) is 39.3 Å². The molecule has 0 fully saturated rings. The van der Waals surface area contributed by atoms with Crippen LogP contribution in [0.2, 0.25) is 0 Å². The van der Waals surface area contributed by atoms with Gasteiger partial charge in [0.1, 0.15) is 11.9 Å². The van der Waals surface area contributed by atoms with Gasteiger partial charge in [0.2, 0.25) is 0 Å². The minimum atomic E-state index is -0.189. The van der Waals surface area contributed by atoms with Crippen LogP contribution in [0.4, 0.5) is 0 Å². The quantitative estimate of drug-likeness (QED) is 0.594. The maximum atomic E-state index is 12.1. The Morgan fingerprint density at radius 2 is 2.25 bits per heavy atom. The number of H-pyrrole nitrogens is 1. The van der Waals surface area contributed by atoms with Gasteiger partial charge in [0, 0.05) is 26.2 Å². The second-order valence-electron chi connectivity index (χ2n) is 7.17. The van der Waals surface area contributed by atoms with Gasteiger partial charge in [0.15, 0.2) is 0 Å². The molecule has 0 bridgehead atoms. The van der Waals surface area contributed by atoms with E-state index in [0.717, 1.165) is 43.0 Å². The zero-order valence-electron chi connectivity index (χ0n) is 16.0. The molecule has 0 saturated carbocycles. The van der Waals surface area contributed by atoms with Crippen LogP contribution in [0.3, 0.4) is 0 Å². The van der Waals surface area contributed by atoms with Gasteiger partial charge in [0.05, 0.1) is 29.0 Å². The van der Waals surface area contributed by atoms with Gasteiger partial charge in [-0.05, 0) is 30.3 Å². The van der Waals surface area contributed by atoms with Crippen LogP contribution in [-0.2, 0) is 0 Å². The van der Waals surface area contributed by atoms with E-state index in [9.17, 15) is 4.79 Å². The number of hydrogen-bond acceptors (Lipinski definition) is 6. The van der Waals surface area contributed by atoms with E-state index in [1.807, 2.05) is 18.2 Å². The number of aromatic amines is 1. The average molecular weight is 382 g/mol. The molecule has 2 aliphatic rings. The number of benzene rings is 1. The summed E-state index contributed by atoms with van der Waals surface area (Å²) in [5.41, 5.74) is 1.90. The number of rotatable bonds is 8. The summed E-state index contributed by atoms with van der Waals surface area (Å²) in [6, 6.07) is 5.55. The lowest BCUT2D eigenvalue weighted by Crippen LogP contribution is -2.35. The number of nitrogens with zero attached hydrogens (tertiary/aromatic N) is 2. The zero-order chi connectivity index (χ0) is 19.5. The summed E-state index contributed by atoms with van der Waals surface area (Å²) in [6.07, 6.45) is 6.32. The highest BCUT2D eigenvalue weighted by Crippen LogP contribution is 2.41. The fraction of sp³-hybridized carbons (Fsp3) is 0.429.